The van der Waals surface area contributed by atoms with Crippen molar-refractivity contribution in [2.45, 2.75) is 31.7 Å². The summed E-state index contributed by atoms with van der Waals surface area (Å²) in [5, 5.41) is 0. The molecule has 1 saturated carbocycles. The highest BCUT2D eigenvalue weighted by Gasteiger charge is 2.12. The summed E-state index contributed by atoms with van der Waals surface area (Å²) in [7, 11) is 0. The van der Waals surface area contributed by atoms with Gasteiger partial charge in [0.2, 0.25) is 0 Å². The van der Waals surface area contributed by atoms with Crippen LogP contribution < -0.4 is 5.73 Å². The third-order valence-electron chi connectivity index (χ3n) is 2.84. The average molecular weight is 205 g/mol. The Morgan fingerprint density at radius 3 is 2.67 bits per heavy atom. The van der Waals surface area contributed by atoms with Crippen LogP contribution in [0, 0.1) is 5.82 Å². The molecule has 0 aromatic heterocycles. The third kappa shape index (κ3) is 2.90. The molecular formula is C13H16FN. The molecule has 1 aliphatic rings. The molecule has 1 aromatic rings. The van der Waals surface area contributed by atoms with Crippen LogP contribution in [0.1, 0.15) is 31.2 Å². The van der Waals surface area contributed by atoms with Crippen molar-refractivity contribution in [2.75, 3.05) is 0 Å². The number of nitrogens with two attached hydrogens (primary N) is 1. The van der Waals surface area contributed by atoms with E-state index in [2.05, 4.69) is 6.08 Å². The molecule has 1 unspecified atom stereocenters. The van der Waals surface area contributed by atoms with Crippen LogP contribution in [0.25, 0.3) is 6.08 Å². The molecule has 1 atom stereocenters. The Hall–Kier alpha value is -1.15. The van der Waals surface area contributed by atoms with Crippen LogP contribution in [0.5, 0.6) is 0 Å². The van der Waals surface area contributed by atoms with Gasteiger partial charge in [-0.2, -0.15) is 0 Å². The van der Waals surface area contributed by atoms with Gasteiger partial charge in [-0.3, -0.25) is 0 Å². The fourth-order valence-electron chi connectivity index (χ4n) is 2.06. The first-order valence-corrected chi connectivity index (χ1v) is 5.44. The third-order valence-corrected chi connectivity index (χ3v) is 2.84. The maximum absolute atomic E-state index is 12.7. The Morgan fingerprint density at radius 1 is 1.27 bits per heavy atom. The Balaban J connectivity index is 2.11. The van der Waals surface area contributed by atoms with Gasteiger partial charge in [-0.15, -0.1) is 0 Å². The lowest BCUT2D eigenvalue weighted by molar-refractivity contribution is 0.520. The van der Waals surface area contributed by atoms with Gasteiger partial charge in [0, 0.05) is 6.04 Å². The van der Waals surface area contributed by atoms with Crippen molar-refractivity contribution in [2.24, 2.45) is 5.73 Å². The first-order chi connectivity index (χ1) is 7.24. The van der Waals surface area contributed by atoms with Crippen LogP contribution in [0.2, 0.25) is 0 Å². The maximum atomic E-state index is 12.7. The molecule has 1 aliphatic carbocycles. The van der Waals surface area contributed by atoms with Gasteiger partial charge < -0.3 is 5.73 Å². The van der Waals surface area contributed by atoms with Crippen molar-refractivity contribution in [3.8, 4) is 0 Å². The highest BCUT2D eigenvalue weighted by atomic mass is 19.1. The minimum Gasteiger partial charge on any atom is -0.327 e. The summed E-state index contributed by atoms with van der Waals surface area (Å²) >= 11 is 0. The Bertz CT molecular complexity index is 353. The van der Waals surface area contributed by atoms with Gasteiger partial charge in [0.25, 0.3) is 0 Å². The zero-order valence-corrected chi connectivity index (χ0v) is 8.75. The summed E-state index contributed by atoms with van der Waals surface area (Å²) in [6, 6.07) is 6.92. The Kier molecular flexibility index (Phi) is 3.17. The van der Waals surface area contributed by atoms with Crippen molar-refractivity contribution >= 4 is 6.08 Å². The summed E-state index contributed by atoms with van der Waals surface area (Å²) in [4.78, 5) is 0. The normalized spacial score (nSPS) is 24.4. The van der Waals surface area contributed by atoms with Crippen molar-refractivity contribution < 1.29 is 4.39 Å². The van der Waals surface area contributed by atoms with E-state index in [1.54, 1.807) is 0 Å². The largest absolute Gasteiger partial charge is 0.327 e. The number of benzene rings is 1. The molecule has 0 spiro atoms. The van der Waals surface area contributed by atoms with E-state index in [-0.39, 0.29) is 5.82 Å². The Morgan fingerprint density at radius 2 is 2.00 bits per heavy atom. The maximum Gasteiger partial charge on any atom is 0.123 e. The first-order valence-electron chi connectivity index (χ1n) is 5.44. The van der Waals surface area contributed by atoms with Gasteiger partial charge in [-0.05, 0) is 43.4 Å². The van der Waals surface area contributed by atoms with E-state index in [4.69, 9.17) is 5.73 Å². The molecule has 0 radical (unpaired) electrons. The first kappa shape index (κ1) is 10.4. The summed E-state index contributed by atoms with van der Waals surface area (Å²) in [6.07, 6.45) is 6.55. The molecule has 80 valence electrons. The topological polar surface area (TPSA) is 26.0 Å². The second kappa shape index (κ2) is 4.58. The summed E-state index contributed by atoms with van der Waals surface area (Å²) in [5.41, 5.74) is 8.36. The van der Waals surface area contributed by atoms with E-state index >= 15 is 0 Å². The van der Waals surface area contributed by atoms with E-state index in [1.165, 1.54) is 24.1 Å². The van der Waals surface area contributed by atoms with Crippen molar-refractivity contribution in [1.82, 2.24) is 0 Å². The highest BCUT2D eigenvalue weighted by Crippen LogP contribution is 2.24. The van der Waals surface area contributed by atoms with Crippen LogP contribution in [0.3, 0.4) is 0 Å². The molecule has 0 aliphatic heterocycles. The standard InChI is InChI=1S/C13H16FN/c14-12-6-4-10(5-7-12)8-11-2-1-3-13(15)9-11/h4-8,13H,1-3,9,15H2. The van der Waals surface area contributed by atoms with E-state index in [0.717, 1.165) is 24.8 Å². The Labute approximate surface area is 89.8 Å². The zero-order chi connectivity index (χ0) is 10.7. The molecule has 1 nitrogen and oxygen atoms in total. The second-order valence-corrected chi connectivity index (χ2v) is 4.21. The zero-order valence-electron chi connectivity index (χ0n) is 8.75. The summed E-state index contributed by atoms with van der Waals surface area (Å²) < 4.78 is 12.7. The van der Waals surface area contributed by atoms with Crippen LogP contribution in [0.4, 0.5) is 4.39 Å². The fourth-order valence-corrected chi connectivity index (χ4v) is 2.06. The molecule has 1 fully saturated rings. The molecule has 15 heavy (non-hydrogen) atoms. The number of hydrogen-bond donors (Lipinski definition) is 1. The summed E-state index contributed by atoms with van der Waals surface area (Å²) in [6.45, 7) is 0. The van der Waals surface area contributed by atoms with E-state index in [0.29, 0.717) is 6.04 Å². The quantitative estimate of drug-likeness (QED) is 0.749. The molecule has 0 saturated heterocycles. The van der Waals surface area contributed by atoms with E-state index < -0.39 is 0 Å². The highest BCUT2D eigenvalue weighted by molar-refractivity contribution is 5.53. The van der Waals surface area contributed by atoms with Gasteiger partial charge >= 0.3 is 0 Å². The van der Waals surface area contributed by atoms with E-state index in [9.17, 15) is 4.39 Å². The molecule has 0 amide bonds. The lowest BCUT2D eigenvalue weighted by Crippen LogP contribution is -2.23. The van der Waals surface area contributed by atoms with Gasteiger partial charge in [-0.25, -0.2) is 4.39 Å². The molecule has 2 heteroatoms. The van der Waals surface area contributed by atoms with Crippen molar-refractivity contribution in [3.05, 3.63) is 41.2 Å². The van der Waals surface area contributed by atoms with Gasteiger partial charge in [0.05, 0.1) is 0 Å². The minimum absolute atomic E-state index is 0.183. The molecule has 1 aromatic carbocycles. The molecule has 2 rings (SSSR count). The molecule has 2 N–H and O–H groups in total. The fraction of sp³-hybridized carbons (Fsp3) is 0.385. The molecule has 0 heterocycles. The van der Waals surface area contributed by atoms with Gasteiger partial charge in [-0.1, -0.05) is 23.8 Å². The van der Waals surface area contributed by atoms with E-state index in [1.807, 2.05) is 12.1 Å². The number of hydrogen-bond acceptors (Lipinski definition) is 1. The lowest BCUT2D eigenvalue weighted by atomic mass is 9.90. The van der Waals surface area contributed by atoms with Crippen LogP contribution in [0.15, 0.2) is 29.8 Å². The smallest absolute Gasteiger partial charge is 0.123 e. The van der Waals surface area contributed by atoms with Crippen LogP contribution >= 0.6 is 0 Å². The predicted molar refractivity (Wildman–Crippen MR) is 60.8 cm³/mol. The van der Waals surface area contributed by atoms with Crippen molar-refractivity contribution in [3.63, 3.8) is 0 Å². The second-order valence-electron chi connectivity index (χ2n) is 4.21. The van der Waals surface area contributed by atoms with Crippen LogP contribution in [-0.4, -0.2) is 6.04 Å². The van der Waals surface area contributed by atoms with Gasteiger partial charge in [0.15, 0.2) is 0 Å². The summed E-state index contributed by atoms with van der Waals surface area (Å²) in [5.74, 6) is -0.183. The minimum atomic E-state index is -0.183. The van der Waals surface area contributed by atoms with Crippen LogP contribution in [-0.2, 0) is 0 Å². The predicted octanol–water partition coefficient (Wildman–Crippen LogP) is 3.11. The molecular weight excluding hydrogens is 189 g/mol. The lowest BCUT2D eigenvalue weighted by Gasteiger charge is -2.20. The van der Waals surface area contributed by atoms with Crippen molar-refractivity contribution in [1.29, 1.82) is 0 Å². The molecule has 0 bridgehead atoms. The monoisotopic (exact) mass is 205 g/mol. The SMILES string of the molecule is NC1CCCC(=Cc2ccc(F)cc2)C1. The average Bonchev–Trinajstić information content (AvgIpc) is 2.22. The number of halogens is 1. The number of rotatable bonds is 1. The van der Waals surface area contributed by atoms with Gasteiger partial charge in [0.1, 0.15) is 5.82 Å².